The molecule has 0 unspecified atom stereocenters. The maximum atomic E-state index is 12.4. The lowest BCUT2D eigenvalue weighted by molar-refractivity contribution is -0.389. The van der Waals surface area contributed by atoms with Crippen LogP contribution in [0.2, 0.25) is 0 Å². The van der Waals surface area contributed by atoms with Gasteiger partial charge in [-0.15, -0.1) is 11.3 Å². The van der Waals surface area contributed by atoms with Crippen LogP contribution in [-0.4, -0.2) is 29.2 Å². The summed E-state index contributed by atoms with van der Waals surface area (Å²) in [6, 6.07) is 15.4. The Morgan fingerprint density at radius 3 is 2.57 bits per heavy atom. The number of sulfonamides is 1. The molecule has 0 aliphatic heterocycles. The van der Waals surface area contributed by atoms with Gasteiger partial charge in [0.2, 0.25) is 0 Å². The van der Waals surface area contributed by atoms with Crippen molar-refractivity contribution in [2.24, 2.45) is 0 Å². The van der Waals surface area contributed by atoms with E-state index in [0.717, 1.165) is 34.7 Å². The van der Waals surface area contributed by atoms with E-state index in [0.29, 0.717) is 5.01 Å². The lowest BCUT2D eigenvalue weighted by atomic mass is 10.1. The average Bonchev–Trinajstić information content (AvgIpc) is 3.23. The molecule has 0 saturated carbocycles. The number of carbonyl (C=O) groups excluding carboxylic acids is 1. The average molecular weight is 440 g/mol. The van der Waals surface area contributed by atoms with Gasteiger partial charge >= 0.3 is 5.82 Å². The van der Waals surface area contributed by atoms with Crippen LogP contribution in [0.3, 0.4) is 0 Å². The third-order valence-corrected chi connectivity index (χ3v) is 6.39. The molecule has 4 aromatic rings. The Balaban J connectivity index is 1.59. The highest BCUT2D eigenvalue weighted by atomic mass is 32.2. The number of nitrogens with one attached hydrogen (secondary N) is 1. The van der Waals surface area contributed by atoms with Crippen LogP contribution in [-0.2, 0) is 10.0 Å². The van der Waals surface area contributed by atoms with Gasteiger partial charge in [0, 0.05) is 17.0 Å². The van der Waals surface area contributed by atoms with Crippen LogP contribution >= 0.6 is 11.3 Å². The number of fused-ring (bicyclic) bond motifs is 1. The summed E-state index contributed by atoms with van der Waals surface area (Å²) in [5, 5.41) is 14.7. The van der Waals surface area contributed by atoms with Gasteiger partial charge in [-0.2, -0.15) is 0 Å². The van der Waals surface area contributed by atoms with Crippen molar-refractivity contribution in [2.75, 3.05) is 0 Å². The zero-order chi connectivity index (χ0) is 21.3. The Hall–Kier alpha value is -3.70. The number of rotatable bonds is 5. The number of amides is 1. The number of hydrogen-bond acceptors (Lipinski definition) is 8. The van der Waals surface area contributed by atoms with Gasteiger partial charge in [0.05, 0.1) is 0 Å². The van der Waals surface area contributed by atoms with Crippen LogP contribution in [0.1, 0.15) is 10.5 Å². The zero-order valence-corrected chi connectivity index (χ0v) is 16.7. The Morgan fingerprint density at radius 1 is 1.07 bits per heavy atom. The minimum absolute atomic E-state index is 0.0543. The van der Waals surface area contributed by atoms with Crippen LogP contribution in [0, 0.1) is 10.1 Å². The molecule has 1 amide bonds. The van der Waals surface area contributed by atoms with Gasteiger partial charge in [0.1, 0.15) is 15.6 Å². The van der Waals surface area contributed by atoms with E-state index in [4.69, 9.17) is 0 Å². The molecule has 0 radical (unpaired) electrons. The Morgan fingerprint density at radius 2 is 1.83 bits per heavy atom. The van der Waals surface area contributed by atoms with Crippen LogP contribution in [0.25, 0.3) is 21.3 Å². The first-order chi connectivity index (χ1) is 14.3. The van der Waals surface area contributed by atoms with Gasteiger partial charge in [-0.25, -0.2) is 18.1 Å². The van der Waals surface area contributed by atoms with Crippen LogP contribution in [0.15, 0.2) is 71.1 Å². The highest BCUT2D eigenvalue weighted by molar-refractivity contribution is 7.90. The fourth-order valence-electron chi connectivity index (χ4n) is 2.79. The standard InChI is InChI=1S/C19H12N4O5S2/c24-18(22-30(27,28)13-8-9-17(20-10-13)23(25)26)16-11-29-19(21-16)15-7-3-5-12-4-1-2-6-14(12)15/h1-11H,(H,22,24). The predicted molar refractivity (Wildman–Crippen MR) is 111 cm³/mol. The van der Waals surface area contributed by atoms with Crippen molar-refractivity contribution in [3.05, 3.63) is 82.0 Å². The van der Waals surface area contributed by atoms with Crippen molar-refractivity contribution in [3.8, 4) is 10.6 Å². The molecule has 150 valence electrons. The Kier molecular flexibility index (Phi) is 4.98. The zero-order valence-electron chi connectivity index (χ0n) is 15.1. The number of aromatic nitrogens is 2. The molecular weight excluding hydrogens is 428 g/mol. The monoisotopic (exact) mass is 440 g/mol. The first-order valence-electron chi connectivity index (χ1n) is 8.46. The fraction of sp³-hybridized carbons (Fsp3) is 0. The molecule has 2 aromatic carbocycles. The van der Waals surface area contributed by atoms with Crippen LogP contribution in [0.4, 0.5) is 5.82 Å². The van der Waals surface area contributed by atoms with E-state index in [9.17, 15) is 23.3 Å². The summed E-state index contributed by atoms with van der Waals surface area (Å²) >= 11 is 1.22. The molecule has 4 rings (SSSR count). The second-order valence-corrected chi connectivity index (χ2v) is 8.65. The summed E-state index contributed by atoms with van der Waals surface area (Å²) in [5.41, 5.74) is 0.779. The summed E-state index contributed by atoms with van der Waals surface area (Å²) < 4.78 is 26.7. The first-order valence-corrected chi connectivity index (χ1v) is 10.8. The molecule has 1 N–H and O–H groups in total. The van der Waals surface area contributed by atoms with E-state index < -0.39 is 26.7 Å². The molecule has 9 nitrogen and oxygen atoms in total. The minimum atomic E-state index is -4.26. The second-order valence-electron chi connectivity index (χ2n) is 6.11. The molecule has 0 aliphatic carbocycles. The quantitative estimate of drug-likeness (QED) is 0.371. The number of thiazole rings is 1. The molecule has 0 aliphatic rings. The molecule has 0 spiro atoms. The summed E-state index contributed by atoms with van der Waals surface area (Å²) in [6.07, 6.45) is 0.816. The topological polar surface area (TPSA) is 132 Å². The molecule has 0 fully saturated rings. The van der Waals surface area contributed by atoms with Crippen molar-refractivity contribution in [1.29, 1.82) is 0 Å². The van der Waals surface area contributed by atoms with E-state index in [-0.39, 0.29) is 10.6 Å². The number of pyridine rings is 1. The molecule has 2 heterocycles. The highest BCUT2D eigenvalue weighted by Crippen LogP contribution is 2.30. The molecule has 11 heteroatoms. The van der Waals surface area contributed by atoms with Crippen molar-refractivity contribution >= 4 is 43.9 Å². The number of benzene rings is 2. The predicted octanol–water partition coefficient (Wildman–Crippen LogP) is 3.39. The fourth-order valence-corrected chi connectivity index (χ4v) is 4.53. The Labute approximate surface area is 174 Å². The first kappa shape index (κ1) is 19.6. The minimum Gasteiger partial charge on any atom is -0.358 e. The molecule has 30 heavy (non-hydrogen) atoms. The van der Waals surface area contributed by atoms with Crippen LogP contribution < -0.4 is 4.72 Å². The largest absolute Gasteiger partial charge is 0.363 e. The van der Waals surface area contributed by atoms with E-state index in [2.05, 4.69) is 9.97 Å². The Bertz CT molecular complexity index is 1380. The molecular formula is C19H12N4O5S2. The second kappa shape index (κ2) is 7.61. The van der Waals surface area contributed by atoms with E-state index in [1.165, 1.54) is 16.7 Å². The van der Waals surface area contributed by atoms with Gasteiger partial charge in [0.25, 0.3) is 15.9 Å². The maximum absolute atomic E-state index is 12.4. The van der Waals surface area contributed by atoms with Gasteiger partial charge in [-0.1, -0.05) is 42.5 Å². The van der Waals surface area contributed by atoms with Crippen molar-refractivity contribution in [2.45, 2.75) is 4.90 Å². The lowest BCUT2D eigenvalue weighted by Crippen LogP contribution is -2.30. The number of hydrogen-bond donors (Lipinski definition) is 1. The van der Waals surface area contributed by atoms with Crippen molar-refractivity contribution in [3.63, 3.8) is 0 Å². The number of nitro groups is 1. The third-order valence-electron chi connectivity index (χ3n) is 4.20. The molecule has 0 atom stereocenters. The summed E-state index contributed by atoms with van der Waals surface area (Å²) in [6.45, 7) is 0. The summed E-state index contributed by atoms with van der Waals surface area (Å²) in [7, 11) is -4.26. The summed E-state index contributed by atoms with van der Waals surface area (Å²) in [4.78, 5) is 29.7. The molecule has 0 bridgehead atoms. The van der Waals surface area contributed by atoms with E-state index in [1.54, 1.807) is 0 Å². The highest BCUT2D eigenvalue weighted by Gasteiger charge is 2.23. The van der Waals surface area contributed by atoms with E-state index in [1.807, 2.05) is 47.2 Å². The van der Waals surface area contributed by atoms with Gasteiger partial charge in [-0.3, -0.25) is 4.79 Å². The third kappa shape index (κ3) is 3.75. The van der Waals surface area contributed by atoms with Crippen molar-refractivity contribution in [1.82, 2.24) is 14.7 Å². The SMILES string of the molecule is O=C(NS(=O)(=O)c1ccc([N+](=O)[O-])nc1)c1csc(-c2cccc3ccccc23)n1. The number of nitrogens with zero attached hydrogens (tertiary/aromatic N) is 3. The molecule has 2 aromatic heterocycles. The molecule has 0 saturated heterocycles. The van der Waals surface area contributed by atoms with E-state index >= 15 is 0 Å². The lowest BCUT2D eigenvalue weighted by Gasteiger charge is -2.04. The van der Waals surface area contributed by atoms with Crippen molar-refractivity contribution < 1.29 is 18.1 Å². The smallest absolute Gasteiger partial charge is 0.358 e. The maximum Gasteiger partial charge on any atom is 0.363 e. The number of carbonyl (C=O) groups is 1. The van der Waals surface area contributed by atoms with Gasteiger partial charge < -0.3 is 10.1 Å². The van der Waals surface area contributed by atoms with Gasteiger partial charge in [-0.05, 0) is 26.7 Å². The summed E-state index contributed by atoms with van der Waals surface area (Å²) in [5.74, 6) is -1.41. The normalized spacial score (nSPS) is 11.3. The van der Waals surface area contributed by atoms with Gasteiger partial charge in [0.15, 0.2) is 6.20 Å². The van der Waals surface area contributed by atoms with Crippen LogP contribution in [0.5, 0.6) is 0 Å².